The third-order valence-electron chi connectivity index (χ3n) is 4.40. The van der Waals surface area contributed by atoms with Crippen LogP contribution in [0.5, 0.6) is 0 Å². The highest BCUT2D eigenvalue weighted by atomic mass is 79.9. The van der Waals surface area contributed by atoms with E-state index in [0.717, 1.165) is 28.6 Å². The van der Waals surface area contributed by atoms with Crippen LogP contribution in [0.15, 0.2) is 63.6 Å². The molecule has 1 fully saturated rings. The summed E-state index contributed by atoms with van der Waals surface area (Å²) in [6.07, 6.45) is 1.53. The Morgan fingerprint density at radius 2 is 1.92 bits per heavy atom. The van der Waals surface area contributed by atoms with E-state index in [-0.39, 0.29) is 5.91 Å². The Labute approximate surface area is 158 Å². The number of carbonyl (C=O) groups excluding carboxylic acids is 1. The molecule has 4 nitrogen and oxygen atoms in total. The molecule has 126 valence electrons. The second kappa shape index (κ2) is 6.32. The van der Waals surface area contributed by atoms with Gasteiger partial charge in [0.15, 0.2) is 5.76 Å². The van der Waals surface area contributed by atoms with E-state index in [1.165, 1.54) is 0 Å². The number of carbonyl (C=O) groups is 1. The average molecular weight is 418 g/mol. The van der Waals surface area contributed by atoms with Crippen molar-refractivity contribution < 1.29 is 9.32 Å². The largest absolute Gasteiger partial charge is 0.356 e. The second-order valence-electron chi connectivity index (χ2n) is 6.13. The maximum Gasteiger partial charge on any atom is 0.236 e. The van der Waals surface area contributed by atoms with Crippen LogP contribution in [-0.2, 0) is 10.2 Å². The summed E-state index contributed by atoms with van der Waals surface area (Å²) in [7, 11) is 0. The summed E-state index contributed by atoms with van der Waals surface area (Å²) < 4.78 is 6.37. The Morgan fingerprint density at radius 1 is 1.16 bits per heavy atom. The minimum Gasteiger partial charge on any atom is -0.356 e. The molecule has 1 amide bonds. The molecular weight excluding hydrogens is 404 g/mol. The minimum atomic E-state index is -0.601. The highest BCUT2D eigenvalue weighted by Gasteiger charge is 2.53. The van der Waals surface area contributed by atoms with Crippen molar-refractivity contribution in [3.05, 3.63) is 69.8 Å². The summed E-state index contributed by atoms with van der Waals surface area (Å²) in [6, 6.07) is 16.7. The third-order valence-corrected chi connectivity index (χ3v) is 5.14. The van der Waals surface area contributed by atoms with Gasteiger partial charge in [-0.3, -0.25) is 4.79 Å². The van der Waals surface area contributed by atoms with E-state index < -0.39 is 5.41 Å². The van der Waals surface area contributed by atoms with Gasteiger partial charge in [-0.25, -0.2) is 0 Å². The van der Waals surface area contributed by atoms with Crippen molar-refractivity contribution in [3.63, 3.8) is 0 Å². The van der Waals surface area contributed by atoms with Crippen molar-refractivity contribution in [1.29, 1.82) is 0 Å². The maximum absolute atomic E-state index is 12.8. The standard InChI is InChI=1S/C19H14BrClN2O2/c20-13-2-1-3-15(10-13)22-18(24)19(8-9-19)17-11-16(25-23-17)12-4-6-14(21)7-5-12/h1-7,10-11H,8-9H2,(H,22,24). The molecule has 1 aliphatic rings. The zero-order chi connectivity index (χ0) is 17.4. The summed E-state index contributed by atoms with van der Waals surface area (Å²) in [5.74, 6) is 0.578. The topological polar surface area (TPSA) is 55.1 Å². The van der Waals surface area contributed by atoms with E-state index in [0.29, 0.717) is 16.5 Å². The molecule has 0 bridgehead atoms. The minimum absolute atomic E-state index is 0.0541. The lowest BCUT2D eigenvalue weighted by Gasteiger charge is -2.12. The monoisotopic (exact) mass is 416 g/mol. The van der Waals surface area contributed by atoms with Gasteiger partial charge in [0.05, 0.1) is 11.1 Å². The molecule has 1 heterocycles. The van der Waals surface area contributed by atoms with Crippen molar-refractivity contribution in [2.45, 2.75) is 18.3 Å². The first kappa shape index (κ1) is 16.4. The van der Waals surface area contributed by atoms with E-state index in [1.807, 2.05) is 42.5 Å². The van der Waals surface area contributed by atoms with Gasteiger partial charge in [-0.15, -0.1) is 0 Å². The van der Waals surface area contributed by atoms with E-state index in [1.54, 1.807) is 12.1 Å². The number of anilines is 1. The molecule has 6 heteroatoms. The van der Waals surface area contributed by atoms with Gasteiger partial charge in [-0.2, -0.15) is 0 Å². The molecule has 0 spiro atoms. The van der Waals surface area contributed by atoms with Crippen molar-refractivity contribution in [3.8, 4) is 11.3 Å². The molecule has 1 saturated carbocycles. The lowest BCUT2D eigenvalue weighted by molar-refractivity contribution is -0.118. The number of aromatic nitrogens is 1. The Morgan fingerprint density at radius 3 is 2.60 bits per heavy atom. The van der Waals surface area contributed by atoms with Crippen molar-refractivity contribution in [2.75, 3.05) is 5.32 Å². The molecule has 0 radical (unpaired) electrons. The Hall–Kier alpha value is -2.11. The number of hydrogen-bond donors (Lipinski definition) is 1. The van der Waals surface area contributed by atoms with Crippen molar-refractivity contribution in [1.82, 2.24) is 5.16 Å². The van der Waals surface area contributed by atoms with E-state index in [4.69, 9.17) is 16.1 Å². The molecule has 0 saturated heterocycles. The zero-order valence-corrected chi connectivity index (χ0v) is 15.5. The van der Waals surface area contributed by atoms with Gasteiger partial charge in [-0.05, 0) is 55.3 Å². The number of halogens is 2. The van der Waals surface area contributed by atoms with Crippen LogP contribution in [0.2, 0.25) is 5.02 Å². The van der Waals surface area contributed by atoms with Gasteiger partial charge >= 0.3 is 0 Å². The summed E-state index contributed by atoms with van der Waals surface area (Å²) in [5.41, 5.74) is 1.71. The molecule has 0 aliphatic heterocycles. The van der Waals surface area contributed by atoms with E-state index in [9.17, 15) is 4.79 Å². The normalized spacial score (nSPS) is 15.0. The fourth-order valence-electron chi connectivity index (χ4n) is 2.79. The van der Waals surface area contributed by atoms with Gasteiger partial charge in [0, 0.05) is 26.8 Å². The first-order chi connectivity index (χ1) is 12.1. The highest BCUT2D eigenvalue weighted by Crippen LogP contribution is 2.49. The number of nitrogens with one attached hydrogen (secondary N) is 1. The molecule has 0 atom stereocenters. The highest BCUT2D eigenvalue weighted by molar-refractivity contribution is 9.10. The Balaban J connectivity index is 1.57. The number of rotatable bonds is 4. The summed E-state index contributed by atoms with van der Waals surface area (Å²) in [5, 5.41) is 7.79. The van der Waals surface area contributed by atoms with Gasteiger partial charge < -0.3 is 9.84 Å². The summed E-state index contributed by atoms with van der Waals surface area (Å²) in [4.78, 5) is 12.8. The molecule has 1 aliphatic carbocycles. The van der Waals surface area contributed by atoms with Gasteiger partial charge in [0.1, 0.15) is 0 Å². The van der Waals surface area contributed by atoms with Gasteiger partial charge in [0.2, 0.25) is 5.91 Å². The van der Waals surface area contributed by atoms with Crippen molar-refractivity contribution in [2.24, 2.45) is 0 Å². The molecule has 1 N–H and O–H groups in total. The second-order valence-corrected chi connectivity index (χ2v) is 7.48. The van der Waals surface area contributed by atoms with E-state index in [2.05, 4.69) is 26.4 Å². The number of nitrogens with zero attached hydrogens (tertiary/aromatic N) is 1. The number of benzene rings is 2. The zero-order valence-electron chi connectivity index (χ0n) is 13.1. The molecule has 0 unspecified atom stereocenters. The SMILES string of the molecule is O=C(Nc1cccc(Br)c1)C1(c2cc(-c3ccc(Cl)cc3)on2)CC1. The van der Waals surface area contributed by atoms with Crippen LogP contribution >= 0.6 is 27.5 Å². The maximum atomic E-state index is 12.8. The van der Waals surface area contributed by atoms with Crippen LogP contribution in [0, 0.1) is 0 Å². The van der Waals surface area contributed by atoms with Gasteiger partial charge in [0.25, 0.3) is 0 Å². The molecule has 2 aromatic carbocycles. The lowest BCUT2D eigenvalue weighted by Crippen LogP contribution is -2.28. The predicted molar refractivity (Wildman–Crippen MR) is 101 cm³/mol. The lowest BCUT2D eigenvalue weighted by atomic mass is 10.00. The first-order valence-corrected chi connectivity index (χ1v) is 9.04. The van der Waals surface area contributed by atoms with Crippen LogP contribution in [0.4, 0.5) is 5.69 Å². The summed E-state index contributed by atoms with van der Waals surface area (Å²) in [6.45, 7) is 0. The molecular formula is C19H14BrClN2O2. The Kier molecular flexibility index (Phi) is 4.13. The predicted octanol–water partition coefficient (Wildman–Crippen LogP) is 5.43. The Bertz CT molecular complexity index is 933. The van der Waals surface area contributed by atoms with Gasteiger partial charge in [-0.1, -0.05) is 38.8 Å². The van der Waals surface area contributed by atoms with Crippen LogP contribution in [0.1, 0.15) is 18.5 Å². The molecule has 4 rings (SSSR count). The van der Waals surface area contributed by atoms with Crippen LogP contribution < -0.4 is 5.32 Å². The number of hydrogen-bond acceptors (Lipinski definition) is 3. The smallest absolute Gasteiger partial charge is 0.236 e. The van der Waals surface area contributed by atoms with Crippen LogP contribution in [-0.4, -0.2) is 11.1 Å². The molecule has 25 heavy (non-hydrogen) atoms. The van der Waals surface area contributed by atoms with Crippen molar-refractivity contribution >= 4 is 39.1 Å². The first-order valence-electron chi connectivity index (χ1n) is 7.87. The van der Waals surface area contributed by atoms with E-state index >= 15 is 0 Å². The quantitative estimate of drug-likeness (QED) is 0.616. The number of amides is 1. The van der Waals surface area contributed by atoms with Crippen LogP contribution in [0.3, 0.4) is 0 Å². The molecule has 1 aromatic heterocycles. The average Bonchev–Trinajstić information content (AvgIpc) is 3.26. The third kappa shape index (κ3) is 3.22. The summed E-state index contributed by atoms with van der Waals surface area (Å²) >= 11 is 9.32. The fraction of sp³-hybridized carbons (Fsp3) is 0.158. The fourth-order valence-corrected chi connectivity index (χ4v) is 3.32. The van der Waals surface area contributed by atoms with Crippen LogP contribution in [0.25, 0.3) is 11.3 Å². The molecule has 3 aromatic rings.